The largest absolute Gasteiger partial charge is 0.416 e. The standard InChI is InChI=1S/C18H12F3N5O/c19-18(20,21)15-7-1-4-13(10-15)5-3-9-22-17(27)14-6-2-8-16(11-14)26-12-23-24-25-26/h1-2,4,6-8,10-12H,9H2,(H,22,27). The van der Waals surface area contributed by atoms with Gasteiger partial charge in [0.15, 0.2) is 0 Å². The van der Waals surface area contributed by atoms with Crippen molar-refractivity contribution in [2.24, 2.45) is 0 Å². The Kier molecular flexibility index (Phi) is 5.17. The van der Waals surface area contributed by atoms with E-state index >= 15 is 0 Å². The predicted molar refractivity (Wildman–Crippen MR) is 89.8 cm³/mol. The fraction of sp³-hybridized carbons (Fsp3) is 0.111. The lowest BCUT2D eigenvalue weighted by Crippen LogP contribution is -2.23. The Bertz CT molecular complexity index is 1000. The highest BCUT2D eigenvalue weighted by atomic mass is 19.4. The second-order valence-electron chi connectivity index (χ2n) is 5.37. The highest BCUT2D eigenvalue weighted by Crippen LogP contribution is 2.29. The van der Waals surface area contributed by atoms with Crippen molar-refractivity contribution in [3.8, 4) is 17.5 Å². The number of carbonyl (C=O) groups is 1. The Hall–Kier alpha value is -3.67. The first kappa shape index (κ1) is 18.1. The molecule has 1 aromatic heterocycles. The molecule has 0 radical (unpaired) electrons. The summed E-state index contributed by atoms with van der Waals surface area (Å²) < 4.78 is 39.4. The zero-order valence-electron chi connectivity index (χ0n) is 13.7. The van der Waals surface area contributed by atoms with Gasteiger partial charge >= 0.3 is 6.18 Å². The molecule has 0 aliphatic rings. The summed E-state index contributed by atoms with van der Waals surface area (Å²) in [7, 11) is 0. The maximum Gasteiger partial charge on any atom is 0.416 e. The third kappa shape index (κ3) is 4.70. The zero-order chi connectivity index (χ0) is 19.3. The van der Waals surface area contributed by atoms with Gasteiger partial charge in [0.1, 0.15) is 6.33 Å². The van der Waals surface area contributed by atoms with Crippen LogP contribution in [-0.2, 0) is 6.18 Å². The first-order valence-electron chi connectivity index (χ1n) is 7.71. The Labute approximate surface area is 152 Å². The summed E-state index contributed by atoms with van der Waals surface area (Å²) >= 11 is 0. The Morgan fingerprint density at radius 2 is 1.96 bits per heavy atom. The van der Waals surface area contributed by atoms with Gasteiger partial charge < -0.3 is 5.32 Å². The average molecular weight is 371 g/mol. The van der Waals surface area contributed by atoms with Crippen molar-refractivity contribution < 1.29 is 18.0 Å². The lowest BCUT2D eigenvalue weighted by molar-refractivity contribution is -0.137. The van der Waals surface area contributed by atoms with Gasteiger partial charge in [-0.1, -0.05) is 24.0 Å². The third-order valence-electron chi connectivity index (χ3n) is 3.48. The molecule has 0 spiro atoms. The van der Waals surface area contributed by atoms with Crippen LogP contribution in [0.2, 0.25) is 0 Å². The van der Waals surface area contributed by atoms with Crippen molar-refractivity contribution in [2.45, 2.75) is 6.18 Å². The van der Waals surface area contributed by atoms with Gasteiger partial charge in [0.25, 0.3) is 5.91 Å². The fourth-order valence-corrected chi connectivity index (χ4v) is 2.22. The molecule has 136 valence electrons. The maximum absolute atomic E-state index is 12.7. The topological polar surface area (TPSA) is 72.7 Å². The number of aromatic nitrogens is 4. The van der Waals surface area contributed by atoms with E-state index in [1.807, 2.05) is 0 Å². The zero-order valence-corrected chi connectivity index (χ0v) is 13.7. The molecule has 0 saturated carbocycles. The number of hydrogen-bond donors (Lipinski definition) is 1. The Morgan fingerprint density at radius 3 is 2.70 bits per heavy atom. The molecule has 2 aromatic carbocycles. The first-order valence-corrected chi connectivity index (χ1v) is 7.71. The van der Waals surface area contributed by atoms with E-state index in [4.69, 9.17) is 0 Å². The van der Waals surface area contributed by atoms with E-state index in [1.54, 1.807) is 24.3 Å². The highest BCUT2D eigenvalue weighted by Gasteiger charge is 2.30. The molecule has 0 atom stereocenters. The average Bonchev–Trinajstić information content (AvgIpc) is 3.19. The summed E-state index contributed by atoms with van der Waals surface area (Å²) in [5.41, 5.74) is 0.448. The van der Waals surface area contributed by atoms with Gasteiger partial charge in [0.05, 0.1) is 17.8 Å². The lowest BCUT2D eigenvalue weighted by Gasteiger charge is -2.06. The van der Waals surface area contributed by atoms with Crippen LogP contribution in [0, 0.1) is 11.8 Å². The Balaban J connectivity index is 1.63. The molecular formula is C18H12F3N5O. The van der Waals surface area contributed by atoms with Crippen molar-refractivity contribution in [1.29, 1.82) is 0 Å². The quantitative estimate of drug-likeness (QED) is 0.718. The van der Waals surface area contributed by atoms with Gasteiger partial charge in [-0.2, -0.15) is 13.2 Å². The van der Waals surface area contributed by atoms with Gasteiger partial charge in [-0.15, -0.1) is 5.10 Å². The van der Waals surface area contributed by atoms with Gasteiger partial charge in [0, 0.05) is 11.1 Å². The number of hydrogen-bond acceptors (Lipinski definition) is 4. The number of nitrogens with zero attached hydrogens (tertiary/aromatic N) is 4. The van der Waals surface area contributed by atoms with Crippen molar-refractivity contribution in [2.75, 3.05) is 6.54 Å². The molecule has 3 rings (SSSR count). The van der Waals surface area contributed by atoms with Gasteiger partial charge in [-0.25, -0.2) is 4.68 Å². The molecule has 27 heavy (non-hydrogen) atoms. The summed E-state index contributed by atoms with van der Waals surface area (Å²) in [6.45, 7) is -0.00973. The summed E-state index contributed by atoms with van der Waals surface area (Å²) in [5, 5.41) is 13.4. The van der Waals surface area contributed by atoms with E-state index in [-0.39, 0.29) is 18.0 Å². The number of alkyl halides is 3. The van der Waals surface area contributed by atoms with Crippen LogP contribution in [0.25, 0.3) is 5.69 Å². The van der Waals surface area contributed by atoms with E-state index in [0.29, 0.717) is 11.3 Å². The van der Waals surface area contributed by atoms with E-state index < -0.39 is 11.7 Å². The molecule has 0 saturated heterocycles. The fourth-order valence-electron chi connectivity index (χ4n) is 2.22. The van der Waals surface area contributed by atoms with Crippen LogP contribution in [0.1, 0.15) is 21.5 Å². The van der Waals surface area contributed by atoms with Crippen LogP contribution in [0.4, 0.5) is 13.2 Å². The van der Waals surface area contributed by atoms with E-state index in [2.05, 4.69) is 32.7 Å². The van der Waals surface area contributed by atoms with Gasteiger partial charge in [0.2, 0.25) is 0 Å². The monoisotopic (exact) mass is 371 g/mol. The van der Waals surface area contributed by atoms with Crippen LogP contribution in [0.15, 0.2) is 54.9 Å². The lowest BCUT2D eigenvalue weighted by atomic mass is 10.1. The molecule has 9 heteroatoms. The Morgan fingerprint density at radius 1 is 1.15 bits per heavy atom. The molecule has 0 fully saturated rings. The van der Waals surface area contributed by atoms with E-state index in [9.17, 15) is 18.0 Å². The molecule has 0 aliphatic carbocycles. The maximum atomic E-state index is 12.7. The number of amides is 1. The molecule has 1 heterocycles. The molecule has 0 unspecified atom stereocenters. The van der Waals surface area contributed by atoms with Crippen LogP contribution in [0.3, 0.4) is 0 Å². The molecule has 3 aromatic rings. The number of rotatable bonds is 3. The summed E-state index contributed by atoms with van der Waals surface area (Å²) in [4.78, 5) is 12.2. The van der Waals surface area contributed by atoms with Crippen LogP contribution in [-0.4, -0.2) is 32.7 Å². The molecular weight excluding hydrogens is 359 g/mol. The smallest absolute Gasteiger partial charge is 0.341 e. The van der Waals surface area contributed by atoms with Gasteiger partial charge in [-0.3, -0.25) is 4.79 Å². The van der Waals surface area contributed by atoms with E-state index in [1.165, 1.54) is 23.1 Å². The van der Waals surface area contributed by atoms with Crippen LogP contribution >= 0.6 is 0 Å². The second-order valence-corrected chi connectivity index (χ2v) is 5.37. The number of nitrogens with one attached hydrogen (secondary N) is 1. The summed E-state index contributed by atoms with van der Waals surface area (Å²) in [5.74, 6) is 4.87. The number of benzene rings is 2. The normalized spacial score (nSPS) is 10.8. The SMILES string of the molecule is O=C(NCC#Cc1cccc(C(F)(F)F)c1)c1cccc(-n2cnnn2)c1. The highest BCUT2D eigenvalue weighted by molar-refractivity contribution is 5.94. The van der Waals surface area contributed by atoms with Crippen LogP contribution < -0.4 is 5.32 Å². The minimum Gasteiger partial charge on any atom is -0.341 e. The van der Waals surface area contributed by atoms with E-state index in [0.717, 1.165) is 12.1 Å². The van der Waals surface area contributed by atoms with Crippen molar-refractivity contribution in [3.63, 3.8) is 0 Å². The third-order valence-corrected chi connectivity index (χ3v) is 3.48. The summed E-state index contributed by atoms with van der Waals surface area (Å²) in [6.07, 6.45) is -3.02. The minimum atomic E-state index is -4.42. The van der Waals surface area contributed by atoms with Crippen LogP contribution in [0.5, 0.6) is 0 Å². The summed E-state index contributed by atoms with van der Waals surface area (Å²) in [6, 6.07) is 11.3. The molecule has 0 aliphatic heterocycles. The number of carbonyl (C=O) groups excluding carboxylic acids is 1. The molecule has 6 nitrogen and oxygen atoms in total. The minimum absolute atomic E-state index is 0.00973. The van der Waals surface area contributed by atoms with Crippen molar-refractivity contribution in [1.82, 2.24) is 25.5 Å². The predicted octanol–water partition coefficient (Wildman–Crippen LogP) is 2.46. The van der Waals surface area contributed by atoms with Crippen molar-refractivity contribution >= 4 is 5.91 Å². The molecule has 0 bridgehead atoms. The molecule has 1 amide bonds. The number of tetrazole rings is 1. The molecule has 1 N–H and O–H groups in total. The number of halogens is 3. The van der Waals surface area contributed by atoms with Gasteiger partial charge in [-0.05, 0) is 46.8 Å². The first-order chi connectivity index (χ1) is 12.9. The second kappa shape index (κ2) is 7.70. The van der Waals surface area contributed by atoms with Crippen molar-refractivity contribution in [3.05, 3.63) is 71.5 Å².